The molecule has 5 rings (SSSR count). The molecule has 2 fully saturated rings. The zero-order valence-corrected chi connectivity index (χ0v) is 26.0. The van der Waals surface area contributed by atoms with Crippen molar-refractivity contribution in [1.82, 2.24) is 25.2 Å². The monoisotopic (exact) mass is 617 g/mol. The first-order valence-corrected chi connectivity index (χ1v) is 16.4. The number of anilines is 1. The van der Waals surface area contributed by atoms with Crippen molar-refractivity contribution in [3.8, 4) is 0 Å². The molecule has 3 aliphatic rings. The van der Waals surface area contributed by atoms with Crippen LogP contribution in [-0.2, 0) is 9.59 Å². The molecule has 2 saturated carbocycles. The molecule has 11 nitrogen and oxygen atoms in total. The van der Waals surface area contributed by atoms with Crippen LogP contribution < -0.4 is 16.2 Å². The molecule has 0 saturated heterocycles. The van der Waals surface area contributed by atoms with Crippen molar-refractivity contribution in [3.05, 3.63) is 37.8 Å². The summed E-state index contributed by atoms with van der Waals surface area (Å²) in [5, 5.41) is 4.41. The van der Waals surface area contributed by atoms with Gasteiger partial charge in [-0.2, -0.15) is 0 Å². The summed E-state index contributed by atoms with van der Waals surface area (Å²) < 4.78 is 0. The lowest BCUT2D eigenvalue weighted by atomic mass is 10.1. The van der Waals surface area contributed by atoms with Crippen molar-refractivity contribution < 1.29 is 19.2 Å². The summed E-state index contributed by atoms with van der Waals surface area (Å²) in [6.45, 7) is 8.60. The van der Waals surface area contributed by atoms with Gasteiger partial charge >= 0.3 is 6.03 Å². The minimum absolute atomic E-state index is 0.139. The highest BCUT2D eigenvalue weighted by molar-refractivity contribution is 8.04. The fourth-order valence-corrected chi connectivity index (χ4v) is 7.85. The lowest BCUT2D eigenvalue weighted by Gasteiger charge is -2.26. The number of aromatic nitrogens is 2. The predicted molar refractivity (Wildman–Crippen MR) is 160 cm³/mol. The summed E-state index contributed by atoms with van der Waals surface area (Å²) in [5.74, 6) is 4.95. The van der Waals surface area contributed by atoms with Crippen LogP contribution in [0, 0.1) is 18.8 Å². The van der Waals surface area contributed by atoms with Crippen molar-refractivity contribution in [3.63, 3.8) is 0 Å². The summed E-state index contributed by atoms with van der Waals surface area (Å²) in [6.07, 6.45) is 5.17. The van der Waals surface area contributed by atoms with E-state index in [1.54, 1.807) is 12.3 Å². The highest BCUT2D eigenvalue weighted by atomic mass is 32.2. The van der Waals surface area contributed by atoms with Crippen LogP contribution in [0.4, 0.5) is 9.93 Å². The first kappa shape index (κ1) is 29.7. The molecule has 2 aromatic rings. The maximum absolute atomic E-state index is 14.2. The molecule has 3 heterocycles. The Hall–Kier alpha value is -2.81. The first-order valence-electron chi connectivity index (χ1n) is 13.8. The second-order valence-electron chi connectivity index (χ2n) is 11.2. The number of carbonyl (C=O) groups is 4. The van der Waals surface area contributed by atoms with Crippen molar-refractivity contribution in [2.45, 2.75) is 77.3 Å². The van der Waals surface area contributed by atoms with Crippen LogP contribution in [0.2, 0.25) is 0 Å². The van der Waals surface area contributed by atoms with Crippen molar-refractivity contribution in [2.24, 2.45) is 17.7 Å². The summed E-state index contributed by atoms with van der Waals surface area (Å²) >= 11 is 3.93. The number of hydrogen-bond donors (Lipinski definition) is 2. The van der Waals surface area contributed by atoms with Crippen LogP contribution in [0.15, 0.2) is 21.4 Å². The van der Waals surface area contributed by atoms with Crippen LogP contribution in [0.5, 0.6) is 0 Å². The molecular weight excluding hydrogens is 583 g/mol. The number of nitrogens with zero attached hydrogens (tertiary/aromatic N) is 5. The number of hydrazine groups is 1. The fourth-order valence-electron chi connectivity index (χ4n) is 4.96. The van der Waals surface area contributed by atoms with E-state index in [1.807, 2.05) is 12.3 Å². The van der Waals surface area contributed by atoms with E-state index in [0.29, 0.717) is 36.1 Å². The number of thiazole rings is 2. The summed E-state index contributed by atoms with van der Waals surface area (Å²) in [5.41, 5.74) is 3.22. The standard InChI is InChI=1S/C27H35N7O4S3/c1-14(2)10-32(18-7-8-18)27-30-20(12-40-27)23(36)34(19(11-35)9-17-5-6-17)24(37)22-15(3)33(26(38)31-28)25(41-22)21-13-39-16(4)29-21/h11-14,17-19,25H,5-10,28H2,1-4H3,(H,31,38)/t19-,25?/m0/s1. The SMILES string of the molecule is CC1=C(C(=O)N(C(=O)c2csc(N(CC(C)C)C3CC3)n2)[C@H](C=O)CC2CC2)SC(c2csc(C)n2)N1C(=O)NN. The van der Waals surface area contributed by atoms with E-state index >= 15 is 0 Å². The maximum atomic E-state index is 14.2. The minimum Gasteiger partial charge on any atom is -0.345 e. The minimum atomic E-state index is -0.943. The largest absolute Gasteiger partial charge is 0.345 e. The third-order valence-corrected chi connectivity index (χ3v) is 10.3. The number of thioether (sulfide) groups is 1. The average molecular weight is 618 g/mol. The van der Waals surface area contributed by atoms with Gasteiger partial charge in [-0.05, 0) is 44.9 Å². The van der Waals surface area contributed by atoms with Crippen molar-refractivity contribution in [1.29, 1.82) is 0 Å². The molecule has 14 heteroatoms. The number of carbonyl (C=O) groups excluding carboxylic acids is 4. The molecule has 1 unspecified atom stereocenters. The fraction of sp³-hybridized carbons (Fsp3) is 0.556. The van der Waals surface area contributed by atoms with E-state index in [0.717, 1.165) is 59.0 Å². The van der Waals surface area contributed by atoms with Crippen molar-refractivity contribution >= 4 is 63.7 Å². The summed E-state index contributed by atoms with van der Waals surface area (Å²) in [7, 11) is 0. The Morgan fingerprint density at radius 3 is 2.41 bits per heavy atom. The van der Waals surface area contributed by atoms with Gasteiger partial charge in [-0.1, -0.05) is 38.5 Å². The quantitative estimate of drug-likeness (QED) is 0.123. The molecule has 0 aromatic carbocycles. The van der Waals surface area contributed by atoms with E-state index in [9.17, 15) is 19.2 Å². The molecule has 3 N–H and O–H groups in total. The Morgan fingerprint density at radius 1 is 1.12 bits per heavy atom. The normalized spacial score (nSPS) is 19.5. The number of imide groups is 1. The van der Waals surface area contributed by atoms with Gasteiger partial charge in [-0.15, -0.1) is 22.7 Å². The molecule has 2 aromatic heterocycles. The Bertz CT molecular complexity index is 1360. The predicted octanol–water partition coefficient (Wildman–Crippen LogP) is 4.43. The summed E-state index contributed by atoms with van der Waals surface area (Å²) in [6, 6.07) is -1.14. The number of urea groups is 1. The lowest BCUT2D eigenvalue weighted by Crippen LogP contribution is -2.46. The van der Waals surface area contributed by atoms with Gasteiger partial charge in [0.2, 0.25) is 0 Å². The van der Waals surface area contributed by atoms with Crippen LogP contribution in [0.3, 0.4) is 0 Å². The first-order chi connectivity index (χ1) is 19.6. The second kappa shape index (κ2) is 12.2. The molecule has 1 aliphatic heterocycles. The van der Waals surface area contributed by atoms with E-state index in [-0.39, 0.29) is 16.5 Å². The Morgan fingerprint density at radius 2 is 1.85 bits per heavy atom. The molecule has 220 valence electrons. The van der Waals surface area contributed by atoms with Gasteiger partial charge in [0, 0.05) is 29.0 Å². The van der Waals surface area contributed by atoms with Crippen LogP contribution in [0.1, 0.15) is 79.4 Å². The number of nitrogens with two attached hydrogens (primary N) is 1. The number of rotatable bonds is 11. The summed E-state index contributed by atoms with van der Waals surface area (Å²) in [4.78, 5) is 67.5. The Labute approximate surface area is 251 Å². The highest BCUT2D eigenvalue weighted by Gasteiger charge is 2.44. The van der Waals surface area contributed by atoms with Crippen LogP contribution in [0.25, 0.3) is 0 Å². The van der Waals surface area contributed by atoms with Crippen LogP contribution in [-0.4, -0.2) is 62.5 Å². The zero-order chi connectivity index (χ0) is 29.4. The molecule has 0 spiro atoms. The molecule has 0 bridgehead atoms. The molecule has 2 atom stereocenters. The number of amides is 4. The zero-order valence-electron chi connectivity index (χ0n) is 23.5. The number of nitrogens with one attached hydrogen (secondary N) is 1. The van der Waals surface area contributed by atoms with Crippen LogP contribution >= 0.6 is 34.4 Å². The van der Waals surface area contributed by atoms with E-state index in [4.69, 9.17) is 5.84 Å². The van der Waals surface area contributed by atoms with Gasteiger partial charge < -0.3 is 9.69 Å². The average Bonchev–Trinajstić information content (AvgIpc) is 3.83. The molecule has 41 heavy (non-hydrogen) atoms. The number of aryl methyl sites for hydroxylation is 1. The topological polar surface area (TPSA) is 142 Å². The molecule has 0 radical (unpaired) electrons. The van der Waals surface area contributed by atoms with E-state index in [1.165, 1.54) is 27.6 Å². The van der Waals surface area contributed by atoms with E-state index < -0.39 is 29.3 Å². The molecular formula is C27H35N7O4S3. The smallest absolute Gasteiger partial charge is 0.337 e. The molecule has 2 aliphatic carbocycles. The van der Waals surface area contributed by atoms with Gasteiger partial charge in [0.15, 0.2) is 5.13 Å². The van der Waals surface area contributed by atoms with Gasteiger partial charge in [0.05, 0.1) is 21.6 Å². The molecule has 4 amide bonds. The number of allylic oxidation sites excluding steroid dienone is 1. The van der Waals surface area contributed by atoms with Gasteiger partial charge in [-0.3, -0.25) is 24.8 Å². The van der Waals surface area contributed by atoms with Gasteiger partial charge in [-0.25, -0.2) is 20.6 Å². The van der Waals surface area contributed by atoms with Crippen molar-refractivity contribution in [2.75, 3.05) is 11.4 Å². The third-order valence-electron chi connectivity index (χ3n) is 7.28. The van der Waals surface area contributed by atoms with Gasteiger partial charge in [0.25, 0.3) is 11.8 Å². The Kier molecular flexibility index (Phi) is 8.83. The highest BCUT2D eigenvalue weighted by Crippen LogP contribution is 2.49. The maximum Gasteiger partial charge on any atom is 0.337 e. The number of hydrogen-bond acceptors (Lipinski definition) is 11. The Balaban J connectivity index is 1.48. The third kappa shape index (κ3) is 6.35. The second-order valence-corrected chi connectivity index (χ2v) is 14.1. The van der Waals surface area contributed by atoms with Gasteiger partial charge in [0.1, 0.15) is 17.4 Å². The lowest BCUT2D eigenvalue weighted by molar-refractivity contribution is -0.129. The number of aldehydes is 1. The van der Waals surface area contributed by atoms with E-state index in [2.05, 4.69) is 34.1 Å².